The first kappa shape index (κ1) is 21.1. The normalized spacial score (nSPS) is 10.9. The highest BCUT2D eigenvalue weighted by molar-refractivity contribution is 6.30. The molecule has 1 heterocycles. The van der Waals surface area contributed by atoms with Gasteiger partial charge in [-0.25, -0.2) is 9.97 Å². The van der Waals surface area contributed by atoms with Crippen LogP contribution in [0.5, 0.6) is 0 Å². The second-order valence-corrected chi connectivity index (χ2v) is 6.52. The van der Waals surface area contributed by atoms with E-state index in [-0.39, 0.29) is 12.5 Å². The fourth-order valence-electron chi connectivity index (χ4n) is 2.49. The first-order chi connectivity index (χ1) is 14.3. The van der Waals surface area contributed by atoms with Gasteiger partial charge in [-0.3, -0.25) is 4.79 Å². The summed E-state index contributed by atoms with van der Waals surface area (Å²) >= 11 is 5.85. The molecule has 0 unspecified atom stereocenters. The highest BCUT2D eigenvalue weighted by Gasteiger charge is 2.38. The quantitative estimate of drug-likeness (QED) is 0.611. The standard InChI is InChI=1S/C20H13ClF3N5O/c21-14-2-1-3-15(8-14)28-19-27-11-16(17(29-19)20(22,23)24)18(30)26-10-13-6-4-12(9-25)5-7-13/h1-8,11H,10H2,(H,26,30)(H,27,28,29). The Morgan fingerprint density at radius 2 is 1.90 bits per heavy atom. The van der Waals surface area contributed by atoms with Crippen LogP contribution in [0.25, 0.3) is 0 Å². The van der Waals surface area contributed by atoms with Crippen molar-refractivity contribution in [1.29, 1.82) is 5.26 Å². The number of carbonyl (C=O) groups excluding carboxylic acids is 1. The van der Waals surface area contributed by atoms with Gasteiger partial charge in [0.05, 0.1) is 17.2 Å². The molecule has 0 aliphatic carbocycles. The van der Waals surface area contributed by atoms with Crippen LogP contribution in [-0.4, -0.2) is 15.9 Å². The SMILES string of the molecule is N#Cc1ccc(CNC(=O)c2cnc(Nc3cccc(Cl)c3)nc2C(F)(F)F)cc1. The molecule has 0 aliphatic rings. The summed E-state index contributed by atoms with van der Waals surface area (Å²) < 4.78 is 40.5. The average Bonchev–Trinajstić information content (AvgIpc) is 2.72. The molecule has 0 saturated heterocycles. The number of nitrogens with one attached hydrogen (secondary N) is 2. The average molecular weight is 432 g/mol. The van der Waals surface area contributed by atoms with Crippen molar-refractivity contribution in [1.82, 2.24) is 15.3 Å². The smallest absolute Gasteiger partial charge is 0.348 e. The van der Waals surface area contributed by atoms with Gasteiger partial charge in [-0.05, 0) is 35.9 Å². The molecule has 0 fully saturated rings. The summed E-state index contributed by atoms with van der Waals surface area (Å²) in [5, 5.41) is 14.2. The molecule has 10 heteroatoms. The van der Waals surface area contributed by atoms with Crippen molar-refractivity contribution in [3.63, 3.8) is 0 Å². The van der Waals surface area contributed by atoms with Crippen LogP contribution in [0.15, 0.2) is 54.7 Å². The number of aromatic nitrogens is 2. The summed E-state index contributed by atoms with van der Waals surface area (Å²) in [6, 6.07) is 14.5. The topological polar surface area (TPSA) is 90.7 Å². The van der Waals surface area contributed by atoms with E-state index in [1.807, 2.05) is 6.07 Å². The Labute approximate surface area is 174 Å². The molecule has 152 valence electrons. The van der Waals surface area contributed by atoms with E-state index >= 15 is 0 Å². The minimum atomic E-state index is -4.87. The molecule has 0 spiro atoms. The number of hydrogen-bond donors (Lipinski definition) is 2. The number of halogens is 4. The molecule has 6 nitrogen and oxygen atoms in total. The van der Waals surface area contributed by atoms with Crippen LogP contribution in [-0.2, 0) is 12.7 Å². The van der Waals surface area contributed by atoms with E-state index in [0.717, 1.165) is 6.20 Å². The number of rotatable bonds is 5. The van der Waals surface area contributed by atoms with Gasteiger partial charge in [-0.1, -0.05) is 29.8 Å². The summed E-state index contributed by atoms with van der Waals surface area (Å²) in [6.45, 7) is -0.0235. The van der Waals surface area contributed by atoms with Crippen molar-refractivity contribution in [3.8, 4) is 6.07 Å². The van der Waals surface area contributed by atoms with Gasteiger partial charge in [0, 0.05) is 23.5 Å². The monoisotopic (exact) mass is 431 g/mol. The Hall–Kier alpha value is -3.64. The minimum Gasteiger partial charge on any atom is -0.348 e. The molecule has 0 atom stereocenters. The van der Waals surface area contributed by atoms with Crippen molar-refractivity contribution < 1.29 is 18.0 Å². The lowest BCUT2D eigenvalue weighted by molar-refractivity contribution is -0.141. The molecule has 0 bridgehead atoms. The lowest BCUT2D eigenvalue weighted by Gasteiger charge is -2.14. The Balaban J connectivity index is 1.80. The lowest BCUT2D eigenvalue weighted by Crippen LogP contribution is -2.27. The van der Waals surface area contributed by atoms with E-state index < -0.39 is 23.3 Å². The van der Waals surface area contributed by atoms with E-state index in [0.29, 0.717) is 21.8 Å². The van der Waals surface area contributed by atoms with Crippen LogP contribution in [0.1, 0.15) is 27.2 Å². The van der Waals surface area contributed by atoms with E-state index in [1.54, 1.807) is 42.5 Å². The minimum absolute atomic E-state index is 0.0235. The third kappa shape index (κ3) is 5.24. The van der Waals surface area contributed by atoms with Crippen LogP contribution >= 0.6 is 11.6 Å². The van der Waals surface area contributed by atoms with Gasteiger partial charge >= 0.3 is 6.18 Å². The van der Waals surface area contributed by atoms with Gasteiger partial charge in [0.25, 0.3) is 5.91 Å². The Kier molecular flexibility index (Phi) is 6.18. The summed E-state index contributed by atoms with van der Waals surface area (Å²) in [7, 11) is 0. The molecule has 0 radical (unpaired) electrons. The predicted octanol–water partition coefficient (Wildman–Crippen LogP) is 4.69. The molecule has 1 aromatic heterocycles. The maximum absolute atomic E-state index is 13.5. The third-order valence-corrected chi connectivity index (χ3v) is 4.15. The van der Waals surface area contributed by atoms with Gasteiger partial charge in [-0.15, -0.1) is 0 Å². The molecule has 0 saturated carbocycles. The van der Waals surface area contributed by atoms with Crippen LogP contribution in [0.4, 0.5) is 24.8 Å². The van der Waals surface area contributed by atoms with E-state index in [4.69, 9.17) is 16.9 Å². The number of nitriles is 1. The second kappa shape index (κ2) is 8.80. The van der Waals surface area contributed by atoms with Crippen LogP contribution in [0.2, 0.25) is 5.02 Å². The molecule has 30 heavy (non-hydrogen) atoms. The fraction of sp³-hybridized carbons (Fsp3) is 0.100. The van der Waals surface area contributed by atoms with Crippen LogP contribution in [0, 0.1) is 11.3 Å². The summed E-state index contributed by atoms with van der Waals surface area (Å²) in [6.07, 6.45) is -4.05. The van der Waals surface area contributed by atoms with Crippen LogP contribution in [0.3, 0.4) is 0 Å². The van der Waals surface area contributed by atoms with Crippen molar-refractivity contribution in [3.05, 3.63) is 82.1 Å². The number of anilines is 2. The molecule has 2 N–H and O–H groups in total. The number of amides is 1. The zero-order valence-electron chi connectivity index (χ0n) is 15.2. The maximum Gasteiger partial charge on any atom is 0.434 e. The highest BCUT2D eigenvalue weighted by atomic mass is 35.5. The number of alkyl halides is 3. The Bertz CT molecular complexity index is 1110. The Morgan fingerprint density at radius 1 is 1.17 bits per heavy atom. The molecule has 0 aliphatic heterocycles. The zero-order chi connectivity index (χ0) is 21.7. The Morgan fingerprint density at radius 3 is 2.53 bits per heavy atom. The highest BCUT2D eigenvalue weighted by Crippen LogP contribution is 2.31. The first-order valence-electron chi connectivity index (χ1n) is 8.50. The van der Waals surface area contributed by atoms with Gasteiger partial charge in [0.15, 0.2) is 5.69 Å². The van der Waals surface area contributed by atoms with Crippen molar-refractivity contribution in [2.24, 2.45) is 0 Å². The van der Waals surface area contributed by atoms with E-state index in [2.05, 4.69) is 20.6 Å². The zero-order valence-corrected chi connectivity index (χ0v) is 15.9. The summed E-state index contributed by atoms with van der Waals surface area (Å²) in [5.74, 6) is -1.30. The molecular weight excluding hydrogens is 419 g/mol. The number of hydrogen-bond acceptors (Lipinski definition) is 5. The van der Waals surface area contributed by atoms with Crippen molar-refractivity contribution >= 4 is 29.1 Å². The number of nitrogens with zero attached hydrogens (tertiary/aromatic N) is 3. The number of benzene rings is 2. The lowest BCUT2D eigenvalue weighted by atomic mass is 10.1. The van der Waals surface area contributed by atoms with Crippen LogP contribution < -0.4 is 10.6 Å². The van der Waals surface area contributed by atoms with E-state index in [9.17, 15) is 18.0 Å². The van der Waals surface area contributed by atoms with Crippen molar-refractivity contribution in [2.45, 2.75) is 12.7 Å². The summed E-state index contributed by atoms with van der Waals surface area (Å²) in [4.78, 5) is 19.6. The van der Waals surface area contributed by atoms with E-state index in [1.165, 1.54) is 6.07 Å². The first-order valence-corrected chi connectivity index (χ1v) is 8.88. The largest absolute Gasteiger partial charge is 0.434 e. The molecule has 2 aromatic carbocycles. The van der Waals surface area contributed by atoms with Gasteiger partial charge in [0.2, 0.25) is 5.95 Å². The fourth-order valence-corrected chi connectivity index (χ4v) is 2.68. The molecular formula is C20H13ClF3N5O. The molecule has 3 aromatic rings. The third-order valence-electron chi connectivity index (χ3n) is 3.92. The van der Waals surface area contributed by atoms with Crippen molar-refractivity contribution in [2.75, 3.05) is 5.32 Å². The summed E-state index contributed by atoms with van der Waals surface area (Å²) in [5.41, 5.74) is -0.613. The second-order valence-electron chi connectivity index (χ2n) is 6.08. The predicted molar refractivity (Wildman–Crippen MR) is 104 cm³/mol. The van der Waals surface area contributed by atoms with Gasteiger partial charge < -0.3 is 10.6 Å². The number of carbonyl (C=O) groups is 1. The molecule has 3 rings (SSSR count). The molecule has 1 amide bonds. The maximum atomic E-state index is 13.5. The van der Waals surface area contributed by atoms with Gasteiger partial charge in [-0.2, -0.15) is 18.4 Å². The van der Waals surface area contributed by atoms with Gasteiger partial charge in [0.1, 0.15) is 0 Å².